The molecule has 0 radical (unpaired) electrons. The highest BCUT2D eigenvalue weighted by molar-refractivity contribution is 7.47. The minimum Gasteiger partial charge on any atom is -0.462 e. The summed E-state index contributed by atoms with van der Waals surface area (Å²) in [7, 11) is -9.91. The van der Waals surface area contributed by atoms with Crippen LogP contribution >= 0.6 is 15.6 Å². The molecule has 0 rings (SSSR count). The van der Waals surface area contributed by atoms with E-state index in [1.165, 1.54) is 225 Å². The second-order valence-corrected chi connectivity index (χ2v) is 30.5. The van der Waals surface area contributed by atoms with Gasteiger partial charge in [-0.05, 0) is 31.6 Å². The Morgan fingerprint density at radius 1 is 0.295 bits per heavy atom. The molecule has 0 spiro atoms. The fourth-order valence-electron chi connectivity index (χ4n) is 11.7. The van der Waals surface area contributed by atoms with Gasteiger partial charge in [0, 0.05) is 25.7 Å². The monoisotopic (exact) mass is 1400 g/mol. The number of rotatable bonds is 76. The number of esters is 4. The van der Waals surface area contributed by atoms with E-state index in [0.717, 1.165) is 95.8 Å². The van der Waals surface area contributed by atoms with Crippen LogP contribution in [0, 0.1) is 5.92 Å². The lowest BCUT2D eigenvalue weighted by atomic mass is 9.99. The van der Waals surface area contributed by atoms with Crippen molar-refractivity contribution >= 4 is 39.5 Å². The first-order valence-corrected chi connectivity index (χ1v) is 42.7. The summed E-state index contributed by atoms with van der Waals surface area (Å²) in [6.07, 6.45) is 57.9. The summed E-state index contributed by atoms with van der Waals surface area (Å²) < 4.78 is 68.6. The minimum atomic E-state index is -4.96. The summed E-state index contributed by atoms with van der Waals surface area (Å²) in [6, 6.07) is 0. The van der Waals surface area contributed by atoms with Crippen LogP contribution in [0.2, 0.25) is 0 Å². The molecule has 0 aliphatic carbocycles. The third-order valence-corrected chi connectivity index (χ3v) is 20.0. The van der Waals surface area contributed by atoms with Crippen molar-refractivity contribution < 1.29 is 80.2 Å². The standard InChI is InChI=1S/C76H148O17P2/c1-6-10-13-16-19-22-25-28-31-34-40-45-50-55-60-74(79)87-66-72(93-76(81)62-57-52-47-42-37-36-38-43-48-53-58-69(5)9-4)68-91-95(84,85)89-64-70(77)63-88-94(82,83)90-67-71(65-86-73(78)59-54-49-44-39-33-30-27-24-21-18-15-12-8-3)92-75(80)61-56-51-46-41-35-32-29-26-23-20-17-14-11-7-2/h69-72,77H,6-68H2,1-5H3,(H,82,83)(H,84,85)/t69?,70-,71+,72+/m0/s1. The molecule has 0 saturated carbocycles. The molecule has 95 heavy (non-hydrogen) atoms. The number of phosphoric ester groups is 2. The summed E-state index contributed by atoms with van der Waals surface area (Å²) in [5.74, 6) is -1.31. The van der Waals surface area contributed by atoms with Crippen molar-refractivity contribution in [1.29, 1.82) is 0 Å². The van der Waals surface area contributed by atoms with Crippen LogP contribution in [0.5, 0.6) is 0 Å². The van der Waals surface area contributed by atoms with E-state index in [1.807, 2.05) is 0 Å². The number of carbonyl (C=O) groups is 4. The van der Waals surface area contributed by atoms with Crippen molar-refractivity contribution in [3.05, 3.63) is 0 Å². The van der Waals surface area contributed by atoms with Gasteiger partial charge in [-0.25, -0.2) is 9.13 Å². The van der Waals surface area contributed by atoms with Crippen molar-refractivity contribution in [2.24, 2.45) is 5.92 Å². The third kappa shape index (κ3) is 69.0. The van der Waals surface area contributed by atoms with Gasteiger partial charge in [0.25, 0.3) is 0 Å². The molecule has 3 N–H and O–H groups in total. The topological polar surface area (TPSA) is 237 Å². The molecule has 0 aromatic carbocycles. The van der Waals surface area contributed by atoms with Crippen molar-refractivity contribution in [2.75, 3.05) is 39.6 Å². The summed E-state index contributed by atoms with van der Waals surface area (Å²) in [5.41, 5.74) is 0. The van der Waals surface area contributed by atoms with Crippen molar-refractivity contribution in [2.45, 2.75) is 419 Å². The van der Waals surface area contributed by atoms with Gasteiger partial charge in [0.2, 0.25) is 0 Å². The molecule has 0 aromatic heterocycles. The lowest BCUT2D eigenvalue weighted by molar-refractivity contribution is -0.161. The average molecular weight is 1400 g/mol. The second kappa shape index (κ2) is 69.2. The summed E-state index contributed by atoms with van der Waals surface area (Å²) in [4.78, 5) is 72.9. The third-order valence-electron chi connectivity index (χ3n) is 18.1. The molecule has 0 amide bonds. The van der Waals surface area contributed by atoms with Gasteiger partial charge in [-0.1, -0.05) is 349 Å². The Morgan fingerprint density at radius 3 is 0.747 bits per heavy atom. The first-order valence-electron chi connectivity index (χ1n) is 39.7. The van der Waals surface area contributed by atoms with Crippen molar-refractivity contribution in [3.8, 4) is 0 Å². The smallest absolute Gasteiger partial charge is 0.462 e. The molecule has 564 valence electrons. The minimum absolute atomic E-state index is 0.107. The SMILES string of the molecule is CCCCCCCCCCCCCCCCC(=O)OC[C@H](COP(=O)(O)OC[C@@H](O)COP(=O)(O)OC[C@@H](COC(=O)CCCCCCCCCCCCCCC)OC(=O)CCCCCCCCCCCCCCCC)OC(=O)CCCCCCCCCCCCC(C)CC. The molecular weight excluding hydrogens is 1250 g/mol. The van der Waals surface area contributed by atoms with Crippen LogP contribution in [0.1, 0.15) is 401 Å². The highest BCUT2D eigenvalue weighted by Crippen LogP contribution is 2.45. The molecule has 3 unspecified atom stereocenters. The molecule has 17 nitrogen and oxygen atoms in total. The highest BCUT2D eigenvalue weighted by Gasteiger charge is 2.30. The van der Waals surface area contributed by atoms with Gasteiger partial charge in [-0.15, -0.1) is 0 Å². The second-order valence-electron chi connectivity index (χ2n) is 27.6. The zero-order valence-corrected chi connectivity index (χ0v) is 63.6. The van der Waals surface area contributed by atoms with E-state index in [0.29, 0.717) is 25.7 Å². The molecule has 0 heterocycles. The van der Waals surface area contributed by atoms with E-state index >= 15 is 0 Å². The van der Waals surface area contributed by atoms with Crippen LogP contribution in [-0.2, 0) is 65.4 Å². The zero-order chi connectivity index (χ0) is 69.8. The molecule has 0 bridgehead atoms. The van der Waals surface area contributed by atoms with Crippen molar-refractivity contribution in [1.82, 2.24) is 0 Å². The van der Waals surface area contributed by atoms with E-state index in [-0.39, 0.29) is 25.7 Å². The number of unbranched alkanes of at least 4 members (excludes halogenated alkanes) is 47. The predicted octanol–water partition coefficient (Wildman–Crippen LogP) is 22.5. The number of phosphoric acid groups is 2. The van der Waals surface area contributed by atoms with Gasteiger partial charge in [-0.2, -0.15) is 0 Å². The predicted molar refractivity (Wildman–Crippen MR) is 386 cm³/mol. The van der Waals surface area contributed by atoms with Crippen LogP contribution < -0.4 is 0 Å². The first-order chi connectivity index (χ1) is 46.1. The highest BCUT2D eigenvalue weighted by atomic mass is 31.2. The Kier molecular flexibility index (Phi) is 67.7. The molecule has 6 atom stereocenters. The molecule has 0 saturated heterocycles. The molecule has 0 fully saturated rings. The largest absolute Gasteiger partial charge is 0.472 e. The maximum Gasteiger partial charge on any atom is 0.472 e. The number of carbonyl (C=O) groups excluding carboxylic acids is 4. The number of ether oxygens (including phenoxy) is 4. The van der Waals surface area contributed by atoms with E-state index in [9.17, 15) is 43.2 Å². The van der Waals surface area contributed by atoms with Crippen LogP contribution in [-0.4, -0.2) is 96.7 Å². The van der Waals surface area contributed by atoms with Crippen molar-refractivity contribution in [3.63, 3.8) is 0 Å². The Balaban J connectivity index is 5.27. The van der Waals surface area contributed by atoms with Gasteiger partial charge in [0.15, 0.2) is 12.2 Å². The van der Waals surface area contributed by atoms with Crippen LogP contribution in [0.4, 0.5) is 0 Å². The van der Waals surface area contributed by atoms with Gasteiger partial charge < -0.3 is 33.8 Å². The lowest BCUT2D eigenvalue weighted by Gasteiger charge is -2.21. The first kappa shape index (κ1) is 93.1. The van der Waals surface area contributed by atoms with Gasteiger partial charge in [0.1, 0.15) is 19.3 Å². The number of aliphatic hydroxyl groups is 1. The van der Waals surface area contributed by atoms with Crippen LogP contribution in [0.25, 0.3) is 0 Å². The Hall–Kier alpha value is -1.94. The molecule has 19 heteroatoms. The molecule has 0 aromatic rings. The summed E-state index contributed by atoms with van der Waals surface area (Å²) in [6.45, 7) is 7.33. The Morgan fingerprint density at radius 2 is 0.505 bits per heavy atom. The fraction of sp³-hybridized carbons (Fsp3) is 0.947. The Labute approximate surface area is 581 Å². The summed E-state index contributed by atoms with van der Waals surface area (Å²) in [5, 5.41) is 10.6. The van der Waals surface area contributed by atoms with E-state index < -0.39 is 97.5 Å². The van der Waals surface area contributed by atoms with E-state index in [2.05, 4.69) is 34.6 Å². The quantitative estimate of drug-likeness (QED) is 0.0222. The Bertz CT molecular complexity index is 1820. The van der Waals surface area contributed by atoms with Gasteiger partial charge >= 0.3 is 39.5 Å². The average Bonchev–Trinajstić information content (AvgIpc) is 1.90. The maximum atomic E-state index is 13.1. The number of hydrogen-bond acceptors (Lipinski definition) is 15. The maximum absolute atomic E-state index is 13.1. The normalized spacial score (nSPS) is 14.2. The van der Waals surface area contributed by atoms with E-state index in [4.69, 9.17) is 37.0 Å². The van der Waals surface area contributed by atoms with Gasteiger partial charge in [0.05, 0.1) is 26.4 Å². The van der Waals surface area contributed by atoms with Crippen LogP contribution in [0.3, 0.4) is 0 Å². The lowest BCUT2D eigenvalue weighted by Crippen LogP contribution is -2.30. The molecule has 0 aliphatic rings. The molecular formula is C76H148O17P2. The van der Waals surface area contributed by atoms with E-state index in [1.54, 1.807) is 0 Å². The zero-order valence-electron chi connectivity index (χ0n) is 61.8. The fourth-order valence-corrected chi connectivity index (χ4v) is 13.3. The summed E-state index contributed by atoms with van der Waals surface area (Å²) >= 11 is 0. The van der Waals surface area contributed by atoms with Crippen LogP contribution in [0.15, 0.2) is 0 Å². The number of hydrogen-bond donors (Lipinski definition) is 3. The number of aliphatic hydroxyl groups excluding tert-OH is 1. The van der Waals surface area contributed by atoms with Gasteiger partial charge in [-0.3, -0.25) is 37.3 Å². The molecule has 0 aliphatic heterocycles.